The topological polar surface area (TPSA) is 72.2 Å². The molecule has 0 fully saturated rings. The second-order valence-electron chi connectivity index (χ2n) is 4.16. The molecule has 20 heavy (non-hydrogen) atoms. The number of carbonyl (C=O) groups is 1. The van der Waals surface area contributed by atoms with E-state index in [4.69, 9.17) is 0 Å². The van der Waals surface area contributed by atoms with Crippen molar-refractivity contribution in [2.24, 2.45) is 0 Å². The van der Waals surface area contributed by atoms with Gasteiger partial charge in [0.05, 0.1) is 0 Å². The zero-order valence-electron chi connectivity index (χ0n) is 10.5. The minimum atomic E-state index is -0.302. The van der Waals surface area contributed by atoms with Gasteiger partial charge in [0.2, 0.25) is 9.97 Å². The molecular formula is C12H10FN5OS. The standard InChI is InChI=1S/C12H10FN5OS/c1-7-15-16-12-18(7)17-11(20-12)10(19)14-6-8-2-4-9(13)5-3-8/h2-5H,6H2,1H3,(H,14,19). The highest BCUT2D eigenvalue weighted by Crippen LogP contribution is 2.13. The fourth-order valence-electron chi connectivity index (χ4n) is 1.67. The average molecular weight is 291 g/mol. The van der Waals surface area contributed by atoms with Crippen LogP contribution >= 0.6 is 11.3 Å². The van der Waals surface area contributed by atoms with Gasteiger partial charge in [0.1, 0.15) is 5.82 Å². The SMILES string of the molecule is Cc1nnc2sc(C(=O)NCc3ccc(F)cc3)nn12. The van der Waals surface area contributed by atoms with Gasteiger partial charge < -0.3 is 5.32 Å². The Balaban J connectivity index is 1.71. The van der Waals surface area contributed by atoms with Crippen molar-refractivity contribution in [1.82, 2.24) is 25.1 Å². The van der Waals surface area contributed by atoms with Gasteiger partial charge in [-0.25, -0.2) is 4.39 Å². The largest absolute Gasteiger partial charge is 0.346 e. The van der Waals surface area contributed by atoms with E-state index >= 15 is 0 Å². The first-order valence-electron chi connectivity index (χ1n) is 5.85. The molecule has 0 radical (unpaired) electrons. The second-order valence-corrected chi connectivity index (χ2v) is 5.11. The summed E-state index contributed by atoms with van der Waals surface area (Å²) in [6, 6.07) is 5.96. The third-order valence-electron chi connectivity index (χ3n) is 2.71. The number of hydrogen-bond acceptors (Lipinski definition) is 5. The number of nitrogens with one attached hydrogen (secondary N) is 1. The van der Waals surface area contributed by atoms with Crippen LogP contribution in [0.1, 0.15) is 21.2 Å². The molecule has 1 amide bonds. The normalized spacial score (nSPS) is 10.9. The lowest BCUT2D eigenvalue weighted by atomic mass is 10.2. The fraction of sp³-hybridized carbons (Fsp3) is 0.167. The Hall–Kier alpha value is -2.35. The van der Waals surface area contributed by atoms with E-state index in [0.29, 0.717) is 22.3 Å². The van der Waals surface area contributed by atoms with Crippen LogP contribution in [0, 0.1) is 12.7 Å². The molecule has 1 N–H and O–H groups in total. The molecule has 0 aliphatic carbocycles. The number of nitrogens with zero attached hydrogens (tertiary/aromatic N) is 4. The van der Waals surface area contributed by atoms with Crippen molar-refractivity contribution in [3.05, 3.63) is 46.5 Å². The molecule has 0 saturated carbocycles. The first-order valence-corrected chi connectivity index (χ1v) is 6.66. The number of carbonyl (C=O) groups excluding carboxylic acids is 1. The van der Waals surface area contributed by atoms with E-state index in [2.05, 4.69) is 20.6 Å². The van der Waals surface area contributed by atoms with Crippen molar-refractivity contribution in [1.29, 1.82) is 0 Å². The lowest BCUT2D eigenvalue weighted by Crippen LogP contribution is -2.22. The van der Waals surface area contributed by atoms with E-state index in [0.717, 1.165) is 5.56 Å². The molecule has 0 atom stereocenters. The van der Waals surface area contributed by atoms with Crippen molar-refractivity contribution in [2.45, 2.75) is 13.5 Å². The summed E-state index contributed by atoms with van der Waals surface area (Å²) >= 11 is 1.17. The molecule has 0 unspecified atom stereocenters. The number of benzene rings is 1. The summed E-state index contributed by atoms with van der Waals surface area (Å²) in [5.41, 5.74) is 0.818. The van der Waals surface area contributed by atoms with Gasteiger partial charge in [-0.05, 0) is 24.6 Å². The van der Waals surface area contributed by atoms with Crippen LogP contribution in [-0.4, -0.2) is 25.7 Å². The summed E-state index contributed by atoms with van der Waals surface area (Å²) in [5, 5.41) is 14.9. The lowest BCUT2D eigenvalue weighted by molar-refractivity contribution is 0.0949. The van der Waals surface area contributed by atoms with Crippen molar-refractivity contribution in [3.8, 4) is 0 Å². The van der Waals surface area contributed by atoms with Gasteiger partial charge in [-0.1, -0.05) is 23.5 Å². The smallest absolute Gasteiger partial charge is 0.282 e. The molecule has 1 aromatic carbocycles. The molecule has 3 rings (SSSR count). The Bertz CT molecular complexity index is 764. The molecule has 2 aromatic heterocycles. The van der Waals surface area contributed by atoms with E-state index in [1.807, 2.05) is 0 Å². The molecule has 2 heterocycles. The van der Waals surface area contributed by atoms with E-state index in [1.165, 1.54) is 28.0 Å². The zero-order valence-corrected chi connectivity index (χ0v) is 11.3. The lowest BCUT2D eigenvalue weighted by Gasteiger charge is -2.02. The number of fused-ring (bicyclic) bond motifs is 1. The van der Waals surface area contributed by atoms with Gasteiger partial charge >= 0.3 is 0 Å². The molecule has 0 aliphatic rings. The summed E-state index contributed by atoms with van der Waals surface area (Å²) in [7, 11) is 0. The number of rotatable bonds is 3. The fourth-order valence-corrected chi connectivity index (χ4v) is 2.47. The van der Waals surface area contributed by atoms with Gasteiger partial charge in [0.25, 0.3) is 5.91 Å². The predicted molar refractivity (Wildman–Crippen MR) is 71.0 cm³/mol. The van der Waals surface area contributed by atoms with Crippen molar-refractivity contribution >= 4 is 22.2 Å². The minimum Gasteiger partial charge on any atom is -0.346 e. The van der Waals surface area contributed by atoms with Gasteiger partial charge in [-0.15, -0.1) is 15.3 Å². The van der Waals surface area contributed by atoms with Crippen LogP contribution in [0.4, 0.5) is 4.39 Å². The highest BCUT2D eigenvalue weighted by atomic mass is 32.1. The molecule has 6 nitrogen and oxygen atoms in total. The maximum absolute atomic E-state index is 12.8. The summed E-state index contributed by atoms with van der Waals surface area (Å²) in [6.07, 6.45) is 0. The average Bonchev–Trinajstić information content (AvgIpc) is 3.01. The van der Waals surface area contributed by atoms with Crippen molar-refractivity contribution in [2.75, 3.05) is 0 Å². The maximum atomic E-state index is 12.8. The summed E-state index contributed by atoms with van der Waals surface area (Å²) in [4.78, 5) is 12.5. The van der Waals surface area contributed by atoms with E-state index < -0.39 is 0 Å². The molecular weight excluding hydrogens is 281 g/mol. The van der Waals surface area contributed by atoms with Crippen LogP contribution in [0.25, 0.3) is 4.96 Å². The highest BCUT2D eigenvalue weighted by molar-refractivity contribution is 7.18. The molecule has 0 bridgehead atoms. The Morgan fingerprint density at radius 3 is 2.80 bits per heavy atom. The number of amides is 1. The molecule has 0 aliphatic heterocycles. The Labute approximate surface area is 117 Å². The minimum absolute atomic E-state index is 0.288. The third-order valence-corrected chi connectivity index (χ3v) is 3.60. The quantitative estimate of drug-likeness (QED) is 0.795. The third kappa shape index (κ3) is 2.37. The van der Waals surface area contributed by atoms with Crippen molar-refractivity contribution in [3.63, 3.8) is 0 Å². The Morgan fingerprint density at radius 1 is 1.35 bits per heavy atom. The molecule has 8 heteroatoms. The number of aryl methyl sites for hydroxylation is 1. The first kappa shape index (κ1) is 12.7. The van der Waals surface area contributed by atoms with E-state index in [9.17, 15) is 9.18 Å². The van der Waals surface area contributed by atoms with Crippen LogP contribution in [0.15, 0.2) is 24.3 Å². The van der Waals surface area contributed by atoms with E-state index in [-0.39, 0.29) is 11.7 Å². The van der Waals surface area contributed by atoms with E-state index in [1.54, 1.807) is 19.1 Å². The van der Waals surface area contributed by atoms with Crippen LogP contribution in [0.5, 0.6) is 0 Å². The molecule has 0 saturated heterocycles. The van der Waals surface area contributed by atoms with Crippen LogP contribution in [0.2, 0.25) is 0 Å². The summed E-state index contributed by atoms with van der Waals surface area (Å²) in [5.74, 6) is 0.0438. The van der Waals surface area contributed by atoms with Crippen LogP contribution in [-0.2, 0) is 6.54 Å². The molecule has 3 aromatic rings. The van der Waals surface area contributed by atoms with Gasteiger partial charge in [-0.3, -0.25) is 4.79 Å². The summed E-state index contributed by atoms with van der Waals surface area (Å²) in [6.45, 7) is 2.08. The van der Waals surface area contributed by atoms with Crippen LogP contribution < -0.4 is 5.32 Å². The number of aromatic nitrogens is 4. The zero-order chi connectivity index (χ0) is 14.1. The predicted octanol–water partition coefficient (Wildman–Crippen LogP) is 1.56. The maximum Gasteiger partial charge on any atom is 0.282 e. The monoisotopic (exact) mass is 291 g/mol. The first-order chi connectivity index (χ1) is 9.63. The molecule has 102 valence electrons. The highest BCUT2D eigenvalue weighted by Gasteiger charge is 2.14. The van der Waals surface area contributed by atoms with Crippen molar-refractivity contribution < 1.29 is 9.18 Å². The van der Waals surface area contributed by atoms with Gasteiger partial charge in [0.15, 0.2) is 5.82 Å². The molecule has 0 spiro atoms. The summed E-state index contributed by atoms with van der Waals surface area (Å²) < 4.78 is 14.3. The number of hydrogen-bond donors (Lipinski definition) is 1. The Kier molecular flexibility index (Phi) is 3.15. The van der Waals surface area contributed by atoms with Crippen LogP contribution in [0.3, 0.4) is 0 Å². The Morgan fingerprint density at radius 2 is 2.10 bits per heavy atom. The number of halogens is 1. The second kappa shape index (κ2) is 4.97. The van der Waals surface area contributed by atoms with Gasteiger partial charge in [0, 0.05) is 6.54 Å². The van der Waals surface area contributed by atoms with Gasteiger partial charge in [-0.2, -0.15) is 4.52 Å².